The van der Waals surface area contributed by atoms with Crippen molar-refractivity contribution in [3.8, 4) is 0 Å². The maximum Gasteiger partial charge on any atom is 0.310 e. The number of aliphatic hydroxyl groups is 1. The molecule has 0 radical (unpaired) electrons. The molecule has 3 saturated heterocycles. The van der Waals surface area contributed by atoms with Crippen LogP contribution in [0.25, 0.3) is 0 Å². The van der Waals surface area contributed by atoms with Gasteiger partial charge in [0.25, 0.3) is 0 Å². The van der Waals surface area contributed by atoms with E-state index in [0.29, 0.717) is 25.8 Å². The number of benzene rings is 1. The van der Waals surface area contributed by atoms with E-state index in [4.69, 9.17) is 4.74 Å². The largest absolute Gasteiger partial charge is 0.465 e. The number of carbonyl (C=O) groups is 3. The number of thioether (sulfide) groups is 1. The number of amides is 2. The molecule has 0 aliphatic carbocycles. The van der Waals surface area contributed by atoms with E-state index in [0.717, 1.165) is 5.56 Å². The molecule has 0 aromatic heterocycles. The topological polar surface area (TPSA) is 87.2 Å². The number of nitrogens with zero attached hydrogens (tertiary/aromatic N) is 2. The van der Waals surface area contributed by atoms with Gasteiger partial charge < -0.3 is 19.6 Å². The Morgan fingerprint density at radius 1 is 1.28 bits per heavy atom. The molecule has 3 aliphatic rings. The maximum absolute atomic E-state index is 14.6. The summed E-state index contributed by atoms with van der Waals surface area (Å²) in [6.07, 6.45) is 4.87. The molecule has 4 rings (SSSR count). The Bertz CT molecular complexity index is 1110. The number of carbonyl (C=O) groups excluding carboxylic acids is 3. The van der Waals surface area contributed by atoms with Crippen molar-refractivity contribution in [3.63, 3.8) is 0 Å². The van der Waals surface area contributed by atoms with Gasteiger partial charge in [0.05, 0.1) is 35.8 Å². The van der Waals surface area contributed by atoms with Gasteiger partial charge in [-0.3, -0.25) is 14.4 Å². The molecule has 7 atom stereocenters. The minimum atomic E-state index is -0.837. The van der Waals surface area contributed by atoms with Gasteiger partial charge in [0, 0.05) is 22.2 Å². The number of fused-ring (bicyclic) bond motifs is 1. The fourth-order valence-electron chi connectivity index (χ4n) is 6.46. The van der Waals surface area contributed by atoms with Crippen LogP contribution in [0.15, 0.2) is 55.6 Å². The number of aliphatic hydroxyl groups excluding tert-OH is 1. The zero-order valence-electron chi connectivity index (χ0n) is 22.9. The van der Waals surface area contributed by atoms with Crippen LogP contribution in [-0.2, 0) is 25.5 Å². The summed E-state index contributed by atoms with van der Waals surface area (Å²) in [5.74, 6) is -2.23. The number of ether oxygens (including phenoxy) is 1. The van der Waals surface area contributed by atoms with Crippen LogP contribution in [0.3, 0.4) is 0 Å². The van der Waals surface area contributed by atoms with Gasteiger partial charge in [-0.25, -0.2) is 0 Å². The lowest BCUT2D eigenvalue weighted by Gasteiger charge is -2.43. The van der Waals surface area contributed by atoms with E-state index in [2.05, 4.69) is 29.1 Å². The lowest BCUT2D eigenvalue weighted by molar-refractivity contribution is -0.154. The number of halogens is 1. The van der Waals surface area contributed by atoms with Gasteiger partial charge >= 0.3 is 5.97 Å². The van der Waals surface area contributed by atoms with Gasteiger partial charge in [-0.2, -0.15) is 0 Å². The van der Waals surface area contributed by atoms with Crippen LogP contribution in [0.1, 0.15) is 39.2 Å². The predicted octanol–water partition coefficient (Wildman–Crippen LogP) is 3.99. The normalized spacial score (nSPS) is 30.1. The van der Waals surface area contributed by atoms with Crippen molar-refractivity contribution in [1.29, 1.82) is 0 Å². The van der Waals surface area contributed by atoms with Crippen molar-refractivity contribution in [1.82, 2.24) is 9.80 Å². The highest BCUT2D eigenvalue weighted by atomic mass is 79.9. The Kier molecular flexibility index (Phi) is 9.03. The second kappa shape index (κ2) is 11.8. The number of rotatable bonds is 11. The van der Waals surface area contributed by atoms with E-state index >= 15 is 0 Å². The molecular formula is C30H39BrN2O5S. The maximum atomic E-state index is 14.6. The molecule has 3 unspecified atom stereocenters. The van der Waals surface area contributed by atoms with Crippen molar-refractivity contribution in [2.24, 2.45) is 11.8 Å². The monoisotopic (exact) mass is 618 g/mol. The molecule has 1 spiro atoms. The first-order valence-corrected chi connectivity index (χ1v) is 15.3. The van der Waals surface area contributed by atoms with Crippen molar-refractivity contribution in [3.05, 3.63) is 61.2 Å². The molecule has 39 heavy (non-hydrogen) atoms. The molecule has 3 heterocycles. The zero-order valence-corrected chi connectivity index (χ0v) is 25.3. The summed E-state index contributed by atoms with van der Waals surface area (Å²) >= 11 is 5.36. The Labute approximate surface area is 244 Å². The lowest BCUT2D eigenvalue weighted by Crippen LogP contribution is -2.61. The van der Waals surface area contributed by atoms with Gasteiger partial charge in [0.1, 0.15) is 6.04 Å². The lowest BCUT2D eigenvalue weighted by atomic mass is 9.71. The molecule has 2 bridgehead atoms. The van der Waals surface area contributed by atoms with Crippen LogP contribution in [0.2, 0.25) is 0 Å². The number of alkyl halides is 1. The average molecular weight is 620 g/mol. The fourth-order valence-corrected chi connectivity index (χ4v) is 10.0. The minimum absolute atomic E-state index is 0.0528. The van der Waals surface area contributed by atoms with Gasteiger partial charge in [-0.05, 0) is 45.6 Å². The molecule has 9 heteroatoms. The second-order valence-electron chi connectivity index (χ2n) is 11.6. The van der Waals surface area contributed by atoms with E-state index in [-0.39, 0.29) is 35.1 Å². The molecular weight excluding hydrogens is 580 g/mol. The van der Waals surface area contributed by atoms with Gasteiger partial charge in [-0.15, -0.1) is 24.9 Å². The SMILES string of the molecule is C=CCCOC(=O)[C@H]1[C@@H]2SC3(CC2Br)C(C(=O)N(CC=C)C(C)(C)C)N([C@@H](CO)Cc2ccccc2)C(=O)[C@H]13. The van der Waals surface area contributed by atoms with Crippen LogP contribution < -0.4 is 0 Å². The highest BCUT2D eigenvalue weighted by Crippen LogP contribution is 2.68. The molecule has 212 valence electrons. The number of hydrogen-bond acceptors (Lipinski definition) is 6. The third-order valence-electron chi connectivity index (χ3n) is 8.11. The summed E-state index contributed by atoms with van der Waals surface area (Å²) in [6, 6.07) is 8.19. The molecule has 7 nitrogen and oxygen atoms in total. The first kappa shape index (κ1) is 29.9. The summed E-state index contributed by atoms with van der Waals surface area (Å²) in [5.41, 5.74) is 0.431. The summed E-state index contributed by atoms with van der Waals surface area (Å²) in [5, 5.41) is 10.4. The van der Waals surface area contributed by atoms with Crippen molar-refractivity contribution < 1.29 is 24.2 Å². The van der Waals surface area contributed by atoms with Gasteiger partial charge in [0.2, 0.25) is 11.8 Å². The zero-order chi connectivity index (χ0) is 28.5. The highest BCUT2D eigenvalue weighted by Gasteiger charge is 2.76. The van der Waals surface area contributed by atoms with Crippen molar-refractivity contribution >= 4 is 45.5 Å². The Morgan fingerprint density at radius 3 is 2.56 bits per heavy atom. The third kappa shape index (κ3) is 5.34. The Hall–Kier alpha value is -2.10. The van der Waals surface area contributed by atoms with Crippen molar-refractivity contribution in [2.75, 3.05) is 19.8 Å². The first-order chi connectivity index (χ1) is 18.5. The van der Waals surface area contributed by atoms with E-state index < -0.39 is 40.2 Å². The summed E-state index contributed by atoms with van der Waals surface area (Å²) < 4.78 is 4.79. The van der Waals surface area contributed by atoms with E-state index in [9.17, 15) is 19.5 Å². The van der Waals surface area contributed by atoms with Gasteiger partial charge in [0.15, 0.2) is 0 Å². The fraction of sp³-hybridized carbons (Fsp3) is 0.567. The van der Waals surface area contributed by atoms with Crippen molar-refractivity contribution in [2.45, 2.75) is 72.5 Å². The number of likely N-dealkylation sites (tertiary alicyclic amines) is 1. The van der Waals surface area contributed by atoms with E-state index in [1.54, 1.807) is 33.7 Å². The Balaban J connectivity index is 1.80. The molecule has 1 aromatic carbocycles. The standard InChI is InChI=1S/C30H39BrN2O5S/c1-6-8-15-38-28(37)22-23-26(35)33(20(18-34)16-19-12-10-9-11-13-19)25(30(23)17-21(31)24(22)39-30)27(36)32(14-7-2)29(3,4)5/h6-7,9-13,20-25,34H,1-2,8,14-18H2,3-5H3/t20-,21?,22-,23+,24-,25?,30?/m1/s1. The molecule has 3 aliphatic heterocycles. The van der Waals surface area contributed by atoms with Crippen LogP contribution in [0, 0.1) is 11.8 Å². The van der Waals surface area contributed by atoms with Gasteiger partial charge in [-0.1, -0.05) is 58.4 Å². The van der Waals surface area contributed by atoms with Crippen LogP contribution in [-0.4, -0.2) is 84.9 Å². The highest BCUT2D eigenvalue weighted by molar-refractivity contribution is 9.09. The summed E-state index contributed by atoms with van der Waals surface area (Å²) in [6.45, 7) is 13.7. The minimum Gasteiger partial charge on any atom is -0.465 e. The average Bonchev–Trinajstić information content (AvgIpc) is 3.49. The number of hydrogen-bond donors (Lipinski definition) is 1. The third-order valence-corrected chi connectivity index (χ3v) is 11.3. The molecule has 3 fully saturated rings. The molecule has 1 aromatic rings. The Morgan fingerprint density at radius 2 is 1.97 bits per heavy atom. The number of esters is 1. The quantitative estimate of drug-likeness (QED) is 0.175. The van der Waals surface area contributed by atoms with E-state index in [1.165, 1.54) is 0 Å². The second-order valence-corrected chi connectivity index (χ2v) is 14.3. The van der Waals surface area contributed by atoms with Crippen LogP contribution in [0.4, 0.5) is 0 Å². The van der Waals surface area contributed by atoms with E-state index in [1.807, 2.05) is 51.1 Å². The predicted molar refractivity (Wildman–Crippen MR) is 158 cm³/mol. The molecule has 0 saturated carbocycles. The van der Waals surface area contributed by atoms with Crippen LogP contribution in [0.5, 0.6) is 0 Å². The summed E-state index contributed by atoms with van der Waals surface area (Å²) in [7, 11) is 0. The molecule has 2 amide bonds. The molecule has 1 N–H and O–H groups in total. The smallest absolute Gasteiger partial charge is 0.310 e. The summed E-state index contributed by atoms with van der Waals surface area (Å²) in [4.78, 5) is 45.8. The first-order valence-electron chi connectivity index (χ1n) is 13.5. The van der Waals surface area contributed by atoms with Crippen LogP contribution >= 0.6 is 27.7 Å².